The number of amides is 2. The summed E-state index contributed by atoms with van der Waals surface area (Å²) in [5.74, 6) is 0.651. The first-order valence-corrected chi connectivity index (χ1v) is 10.3. The van der Waals surface area contributed by atoms with Crippen molar-refractivity contribution in [3.8, 4) is 5.75 Å². The van der Waals surface area contributed by atoms with E-state index in [1.165, 1.54) is 12.0 Å². The molecule has 1 aromatic heterocycles. The minimum Gasteiger partial charge on any atom is -0.490 e. The van der Waals surface area contributed by atoms with Crippen LogP contribution in [0.2, 0.25) is 0 Å². The maximum Gasteiger partial charge on any atom is 0.407 e. The lowest BCUT2D eigenvalue weighted by molar-refractivity contribution is -0.121. The van der Waals surface area contributed by atoms with E-state index < -0.39 is 11.7 Å². The van der Waals surface area contributed by atoms with Gasteiger partial charge in [-0.3, -0.25) is 14.7 Å². The van der Waals surface area contributed by atoms with E-state index in [1.54, 1.807) is 6.20 Å². The van der Waals surface area contributed by atoms with Crippen molar-refractivity contribution in [3.63, 3.8) is 0 Å². The molecule has 1 aliphatic rings. The summed E-state index contributed by atoms with van der Waals surface area (Å²) in [7, 11) is 2.13. The molecule has 2 amide bonds. The van der Waals surface area contributed by atoms with Crippen molar-refractivity contribution >= 4 is 12.0 Å². The Morgan fingerprint density at radius 1 is 1.24 bits per heavy atom. The van der Waals surface area contributed by atoms with E-state index in [0.717, 1.165) is 18.7 Å². The molecule has 0 radical (unpaired) electrons. The van der Waals surface area contributed by atoms with Gasteiger partial charge in [-0.15, -0.1) is 0 Å². The number of carbonyl (C=O) groups excluding carboxylic acids is 2. The molecule has 1 fully saturated rings. The molecule has 0 unspecified atom stereocenters. The fraction of sp³-hybridized carbons (Fsp3) is 0.667. The van der Waals surface area contributed by atoms with Crippen LogP contribution < -0.4 is 15.4 Å². The molecule has 8 heteroatoms. The Morgan fingerprint density at radius 3 is 2.72 bits per heavy atom. The van der Waals surface area contributed by atoms with Crippen molar-refractivity contribution in [2.75, 3.05) is 33.3 Å². The van der Waals surface area contributed by atoms with Gasteiger partial charge in [-0.05, 0) is 65.3 Å². The molecule has 0 aliphatic carbocycles. The van der Waals surface area contributed by atoms with E-state index in [9.17, 15) is 9.59 Å². The number of nitrogens with zero attached hydrogens (tertiary/aromatic N) is 2. The number of nitrogens with one attached hydrogen (secondary N) is 2. The molecule has 162 valence electrons. The number of carbonyl (C=O) groups is 2. The van der Waals surface area contributed by atoms with Crippen LogP contribution in [0.5, 0.6) is 5.75 Å². The number of likely N-dealkylation sites (tertiary alicyclic amines) is 1. The molecule has 0 aromatic carbocycles. The number of hydrogen-bond acceptors (Lipinski definition) is 6. The van der Waals surface area contributed by atoms with E-state index in [-0.39, 0.29) is 5.91 Å². The van der Waals surface area contributed by atoms with Gasteiger partial charge in [-0.1, -0.05) is 0 Å². The lowest BCUT2D eigenvalue weighted by atomic mass is 10.1. The predicted octanol–water partition coefficient (Wildman–Crippen LogP) is 2.65. The number of hydrogen-bond donors (Lipinski definition) is 2. The van der Waals surface area contributed by atoms with E-state index in [1.807, 2.05) is 33.0 Å². The average Bonchev–Trinajstić information content (AvgIpc) is 3.07. The third-order valence-electron chi connectivity index (χ3n) is 4.58. The fourth-order valence-corrected chi connectivity index (χ4v) is 3.23. The summed E-state index contributed by atoms with van der Waals surface area (Å²) in [5.41, 5.74) is 0.646. The van der Waals surface area contributed by atoms with E-state index >= 15 is 0 Å². The average molecular weight is 407 g/mol. The Hall–Kier alpha value is -2.35. The third-order valence-corrected chi connectivity index (χ3v) is 4.58. The zero-order valence-corrected chi connectivity index (χ0v) is 18.0. The van der Waals surface area contributed by atoms with Crippen molar-refractivity contribution in [2.24, 2.45) is 0 Å². The lowest BCUT2D eigenvalue weighted by Gasteiger charge is -2.20. The topological polar surface area (TPSA) is 92.8 Å². The van der Waals surface area contributed by atoms with Crippen molar-refractivity contribution < 1.29 is 19.1 Å². The molecule has 1 aliphatic heterocycles. The Bertz CT molecular complexity index is 675. The van der Waals surface area contributed by atoms with Gasteiger partial charge in [0.05, 0.1) is 12.7 Å². The maximum absolute atomic E-state index is 11.9. The highest BCUT2D eigenvalue weighted by atomic mass is 16.6. The molecule has 0 saturated carbocycles. The molecular formula is C21H34N4O4. The van der Waals surface area contributed by atoms with E-state index in [4.69, 9.17) is 9.47 Å². The van der Waals surface area contributed by atoms with Crippen LogP contribution in [0.3, 0.4) is 0 Å². The lowest BCUT2D eigenvalue weighted by Crippen LogP contribution is -2.33. The van der Waals surface area contributed by atoms with Gasteiger partial charge in [0.25, 0.3) is 0 Å². The number of ether oxygens (including phenoxy) is 2. The van der Waals surface area contributed by atoms with Crippen LogP contribution in [0.15, 0.2) is 18.5 Å². The minimum absolute atomic E-state index is 0.0703. The first kappa shape index (κ1) is 22.9. The quantitative estimate of drug-likeness (QED) is 0.613. The number of aromatic nitrogens is 1. The van der Waals surface area contributed by atoms with Gasteiger partial charge in [0.2, 0.25) is 5.91 Å². The van der Waals surface area contributed by atoms with Gasteiger partial charge >= 0.3 is 6.09 Å². The van der Waals surface area contributed by atoms with E-state index in [2.05, 4.69) is 27.6 Å². The molecule has 1 saturated heterocycles. The Labute approximate surface area is 173 Å². The minimum atomic E-state index is -0.524. The summed E-state index contributed by atoms with van der Waals surface area (Å²) in [4.78, 5) is 30.0. The van der Waals surface area contributed by atoms with Gasteiger partial charge in [0, 0.05) is 25.2 Å². The van der Waals surface area contributed by atoms with Gasteiger partial charge in [0.1, 0.15) is 18.0 Å². The monoisotopic (exact) mass is 406 g/mol. The van der Waals surface area contributed by atoms with E-state index in [0.29, 0.717) is 38.6 Å². The molecule has 1 atom stereocenters. The first-order valence-electron chi connectivity index (χ1n) is 10.3. The highest BCUT2D eigenvalue weighted by Crippen LogP contribution is 2.31. The zero-order chi connectivity index (χ0) is 21.3. The van der Waals surface area contributed by atoms with Crippen molar-refractivity contribution in [1.82, 2.24) is 20.5 Å². The van der Waals surface area contributed by atoms with Crippen molar-refractivity contribution in [3.05, 3.63) is 24.0 Å². The summed E-state index contributed by atoms with van der Waals surface area (Å²) in [5, 5.41) is 5.46. The molecule has 8 nitrogen and oxygen atoms in total. The molecular weight excluding hydrogens is 372 g/mol. The molecule has 0 spiro atoms. The van der Waals surface area contributed by atoms with Crippen LogP contribution in [0.4, 0.5) is 4.79 Å². The van der Waals surface area contributed by atoms with Crippen LogP contribution in [0, 0.1) is 0 Å². The van der Waals surface area contributed by atoms with Crippen LogP contribution in [0.1, 0.15) is 58.1 Å². The summed E-state index contributed by atoms with van der Waals surface area (Å²) < 4.78 is 10.9. The predicted molar refractivity (Wildman–Crippen MR) is 111 cm³/mol. The van der Waals surface area contributed by atoms with Crippen LogP contribution in [-0.2, 0) is 9.53 Å². The summed E-state index contributed by atoms with van der Waals surface area (Å²) in [6, 6.07) is 2.43. The summed E-state index contributed by atoms with van der Waals surface area (Å²) in [6.07, 6.45) is 6.35. The molecule has 2 rings (SSSR count). The van der Waals surface area contributed by atoms with Crippen molar-refractivity contribution in [2.45, 2.75) is 58.1 Å². The number of pyridine rings is 1. The molecule has 0 bridgehead atoms. The van der Waals surface area contributed by atoms with Gasteiger partial charge in [0.15, 0.2) is 0 Å². The summed E-state index contributed by atoms with van der Waals surface area (Å²) in [6.45, 7) is 7.73. The largest absolute Gasteiger partial charge is 0.490 e. The standard InChI is InChI=1S/C21H34N4O4/c1-21(2,3)29-20(27)24-9-5-8-19(26)23-10-12-28-17-13-16(14-22-15-17)18-7-6-11-25(18)4/h13-15,18H,5-12H2,1-4H3,(H,23,26)(H,24,27)/t18-/m0/s1. The molecule has 1 aromatic rings. The first-order chi connectivity index (χ1) is 13.7. The highest BCUT2D eigenvalue weighted by Gasteiger charge is 2.23. The van der Waals surface area contributed by atoms with Crippen LogP contribution in [-0.4, -0.2) is 60.8 Å². The molecule has 2 N–H and O–H groups in total. The van der Waals surface area contributed by atoms with Gasteiger partial charge in [-0.25, -0.2) is 4.79 Å². The normalized spacial score (nSPS) is 17.0. The maximum atomic E-state index is 11.9. The fourth-order valence-electron chi connectivity index (χ4n) is 3.23. The number of alkyl carbamates (subject to hydrolysis) is 1. The Kier molecular flexibility index (Phi) is 8.70. The summed E-state index contributed by atoms with van der Waals surface area (Å²) >= 11 is 0. The second-order valence-corrected chi connectivity index (χ2v) is 8.32. The zero-order valence-electron chi connectivity index (χ0n) is 18.0. The van der Waals surface area contributed by atoms with Crippen molar-refractivity contribution in [1.29, 1.82) is 0 Å². The Balaban J connectivity index is 1.58. The van der Waals surface area contributed by atoms with Crippen LogP contribution in [0.25, 0.3) is 0 Å². The Morgan fingerprint density at radius 2 is 2.03 bits per heavy atom. The third kappa shape index (κ3) is 8.68. The highest BCUT2D eigenvalue weighted by molar-refractivity contribution is 5.75. The van der Waals surface area contributed by atoms with Gasteiger partial charge < -0.3 is 20.1 Å². The second kappa shape index (κ2) is 11.0. The smallest absolute Gasteiger partial charge is 0.407 e. The molecule has 29 heavy (non-hydrogen) atoms. The molecule has 2 heterocycles. The van der Waals surface area contributed by atoms with Crippen LogP contribution >= 0.6 is 0 Å². The SMILES string of the molecule is CN1CCC[C@H]1c1cncc(OCCNC(=O)CCCNC(=O)OC(C)(C)C)c1. The second-order valence-electron chi connectivity index (χ2n) is 8.32. The van der Waals surface area contributed by atoms with Gasteiger partial charge in [-0.2, -0.15) is 0 Å². The number of rotatable bonds is 9.